The molecule has 94 valence electrons. The van der Waals surface area contributed by atoms with Crippen molar-refractivity contribution in [2.24, 2.45) is 11.7 Å². The number of thioether (sulfide) groups is 1. The van der Waals surface area contributed by atoms with E-state index < -0.39 is 0 Å². The van der Waals surface area contributed by atoms with Crippen LogP contribution in [0.5, 0.6) is 0 Å². The number of nitrogens with two attached hydrogens (primary N) is 1. The lowest BCUT2D eigenvalue weighted by molar-refractivity contribution is 0.250. The molecule has 0 saturated heterocycles. The molecule has 4 N–H and O–H groups in total. The van der Waals surface area contributed by atoms with Crippen LogP contribution < -0.4 is 5.73 Å². The second-order valence-electron chi connectivity index (χ2n) is 4.24. The van der Waals surface area contributed by atoms with Gasteiger partial charge >= 0.3 is 0 Å². The fraction of sp³-hybridized carbons (Fsp3) is 0.462. The first-order valence-electron chi connectivity index (χ1n) is 5.72. The van der Waals surface area contributed by atoms with E-state index >= 15 is 0 Å². The normalized spacial score (nSPS) is 14.2. The summed E-state index contributed by atoms with van der Waals surface area (Å²) in [5, 5.41) is 16.6. The molecule has 0 amide bonds. The van der Waals surface area contributed by atoms with Crippen molar-refractivity contribution in [1.29, 1.82) is 5.41 Å². The molecule has 0 heterocycles. The van der Waals surface area contributed by atoms with Crippen molar-refractivity contribution in [3.05, 3.63) is 35.9 Å². The molecule has 0 aliphatic carbocycles. The Kier molecular flexibility index (Phi) is 6.08. The number of amidine groups is 1. The standard InChI is InChI=1S/C13H20N2OS/c1-10(7-16)8-17-9-12(13(14)15)11-5-3-2-4-6-11/h2-6,10,12,16H,7-9H2,1H3,(H3,14,15). The summed E-state index contributed by atoms with van der Waals surface area (Å²) in [7, 11) is 0. The first-order valence-corrected chi connectivity index (χ1v) is 6.88. The number of nitrogens with one attached hydrogen (secondary N) is 1. The summed E-state index contributed by atoms with van der Waals surface area (Å²) in [5.41, 5.74) is 6.73. The number of benzene rings is 1. The average molecular weight is 252 g/mol. The van der Waals surface area contributed by atoms with Gasteiger partial charge in [0.1, 0.15) is 0 Å². The monoisotopic (exact) mass is 252 g/mol. The second-order valence-corrected chi connectivity index (χ2v) is 5.32. The summed E-state index contributed by atoms with van der Waals surface area (Å²) in [5.74, 6) is 2.17. The van der Waals surface area contributed by atoms with Gasteiger partial charge in [-0.1, -0.05) is 37.3 Å². The third-order valence-corrected chi connectivity index (χ3v) is 3.95. The van der Waals surface area contributed by atoms with Crippen LogP contribution in [0.15, 0.2) is 30.3 Å². The number of aliphatic hydroxyl groups excluding tert-OH is 1. The van der Waals surface area contributed by atoms with Crippen molar-refractivity contribution in [3.63, 3.8) is 0 Å². The molecule has 17 heavy (non-hydrogen) atoms. The van der Waals surface area contributed by atoms with E-state index in [1.807, 2.05) is 37.3 Å². The van der Waals surface area contributed by atoms with Crippen LogP contribution >= 0.6 is 11.8 Å². The quantitative estimate of drug-likeness (QED) is 0.514. The number of rotatable bonds is 7. The Labute approximate surface area is 107 Å². The fourth-order valence-electron chi connectivity index (χ4n) is 1.49. The molecule has 1 aromatic carbocycles. The first kappa shape index (κ1) is 14.1. The van der Waals surface area contributed by atoms with Crippen LogP contribution in [0, 0.1) is 11.3 Å². The Hall–Kier alpha value is -1.00. The van der Waals surface area contributed by atoms with Crippen LogP contribution in [0.1, 0.15) is 18.4 Å². The van der Waals surface area contributed by atoms with E-state index in [-0.39, 0.29) is 18.4 Å². The molecule has 0 aliphatic rings. The predicted molar refractivity (Wildman–Crippen MR) is 74.7 cm³/mol. The fourth-order valence-corrected chi connectivity index (χ4v) is 2.74. The van der Waals surface area contributed by atoms with E-state index in [0.717, 1.165) is 17.1 Å². The van der Waals surface area contributed by atoms with Gasteiger partial charge in [-0.3, -0.25) is 5.41 Å². The maximum atomic E-state index is 8.95. The molecule has 0 bridgehead atoms. The zero-order valence-corrected chi connectivity index (χ0v) is 10.9. The third kappa shape index (κ3) is 4.79. The molecule has 3 nitrogen and oxygen atoms in total. The summed E-state index contributed by atoms with van der Waals surface area (Å²) in [4.78, 5) is 0. The average Bonchev–Trinajstić information content (AvgIpc) is 2.34. The van der Waals surface area contributed by atoms with Crippen LogP contribution in [-0.4, -0.2) is 29.1 Å². The highest BCUT2D eigenvalue weighted by Crippen LogP contribution is 2.21. The summed E-state index contributed by atoms with van der Waals surface area (Å²) in [6, 6.07) is 9.89. The minimum Gasteiger partial charge on any atom is -0.396 e. The Morgan fingerprint density at radius 1 is 1.35 bits per heavy atom. The Morgan fingerprint density at radius 3 is 2.53 bits per heavy atom. The summed E-state index contributed by atoms with van der Waals surface area (Å²) in [6.45, 7) is 2.22. The van der Waals surface area contributed by atoms with Gasteiger partial charge in [-0.25, -0.2) is 0 Å². The lowest BCUT2D eigenvalue weighted by Crippen LogP contribution is -2.23. The highest BCUT2D eigenvalue weighted by Gasteiger charge is 2.15. The van der Waals surface area contributed by atoms with Gasteiger partial charge in [0.2, 0.25) is 0 Å². The van der Waals surface area contributed by atoms with Crippen LogP contribution in [-0.2, 0) is 0 Å². The van der Waals surface area contributed by atoms with Gasteiger partial charge < -0.3 is 10.8 Å². The number of aliphatic hydroxyl groups is 1. The van der Waals surface area contributed by atoms with Crippen LogP contribution in [0.3, 0.4) is 0 Å². The maximum Gasteiger partial charge on any atom is 0.0990 e. The molecule has 0 saturated carbocycles. The zero-order chi connectivity index (χ0) is 12.7. The van der Waals surface area contributed by atoms with Gasteiger partial charge in [-0.05, 0) is 17.2 Å². The van der Waals surface area contributed by atoms with Gasteiger partial charge in [0.05, 0.1) is 5.84 Å². The van der Waals surface area contributed by atoms with Crippen molar-refractivity contribution in [2.75, 3.05) is 18.1 Å². The van der Waals surface area contributed by atoms with Gasteiger partial charge in [0.15, 0.2) is 0 Å². The van der Waals surface area contributed by atoms with E-state index in [0.29, 0.717) is 5.92 Å². The number of hydrogen-bond donors (Lipinski definition) is 3. The molecule has 0 aliphatic heterocycles. The van der Waals surface area contributed by atoms with Gasteiger partial charge in [0.25, 0.3) is 0 Å². The molecule has 2 unspecified atom stereocenters. The molecule has 0 radical (unpaired) electrons. The number of hydrogen-bond acceptors (Lipinski definition) is 3. The summed E-state index contributed by atoms with van der Waals surface area (Å²) >= 11 is 1.74. The van der Waals surface area contributed by atoms with Gasteiger partial charge in [-0.15, -0.1) is 0 Å². The molecule has 4 heteroatoms. The molecular weight excluding hydrogens is 232 g/mol. The smallest absolute Gasteiger partial charge is 0.0990 e. The molecule has 0 spiro atoms. The molecule has 0 aromatic heterocycles. The first-order chi connectivity index (χ1) is 8.15. The van der Waals surface area contributed by atoms with E-state index in [2.05, 4.69) is 0 Å². The Morgan fingerprint density at radius 2 is 2.00 bits per heavy atom. The minimum absolute atomic E-state index is 0.0212. The maximum absolute atomic E-state index is 8.95. The topological polar surface area (TPSA) is 70.1 Å². The lowest BCUT2D eigenvalue weighted by Gasteiger charge is -2.16. The Bertz CT molecular complexity index is 343. The van der Waals surface area contributed by atoms with E-state index in [9.17, 15) is 0 Å². The van der Waals surface area contributed by atoms with E-state index in [1.165, 1.54) is 0 Å². The van der Waals surface area contributed by atoms with Crippen LogP contribution in [0.2, 0.25) is 0 Å². The predicted octanol–water partition coefficient (Wildman–Crippen LogP) is 2.07. The van der Waals surface area contributed by atoms with Crippen LogP contribution in [0.4, 0.5) is 0 Å². The molecule has 2 atom stereocenters. The van der Waals surface area contributed by atoms with Crippen molar-refractivity contribution >= 4 is 17.6 Å². The highest BCUT2D eigenvalue weighted by molar-refractivity contribution is 7.99. The SMILES string of the molecule is CC(CO)CSCC(C(=N)N)c1ccccc1. The zero-order valence-electron chi connectivity index (χ0n) is 10.1. The third-order valence-electron chi connectivity index (χ3n) is 2.58. The van der Waals surface area contributed by atoms with Gasteiger partial charge in [0, 0.05) is 18.3 Å². The van der Waals surface area contributed by atoms with E-state index in [4.69, 9.17) is 16.2 Å². The molecule has 1 rings (SSSR count). The van der Waals surface area contributed by atoms with Crippen molar-refractivity contribution in [1.82, 2.24) is 0 Å². The molecule has 1 aromatic rings. The van der Waals surface area contributed by atoms with Crippen molar-refractivity contribution < 1.29 is 5.11 Å². The highest BCUT2D eigenvalue weighted by atomic mass is 32.2. The lowest BCUT2D eigenvalue weighted by atomic mass is 10.0. The molecule has 0 fully saturated rings. The van der Waals surface area contributed by atoms with Crippen molar-refractivity contribution in [3.8, 4) is 0 Å². The Balaban J connectivity index is 2.54. The second kappa shape index (κ2) is 7.35. The largest absolute Gasteiger partial charge is 0.396 e. The van der Waals surface area contributed by atoms with Gasteiger partial charge in [-0.2, -0.15) is 11.8 Å². The summed E-state index contributed by atoms with van der Waals surface area (Å²) in [6.07, 6.45) is 0. The minimum atomic E-state index is -0.0212. The van der Waals surface area contributed by atoms with Crippen LogP contribution in [0.25, 0.3) is 0 Å². The summed E-state index contributed by atoms with van der Waals surface area (Å²) < 4.78 is 0. The van der Waals surface area contributed by atoms with E-state index in [1.54, 1.807) is 11.8 Å². The molecular formula is C13H20N2OS. The van der Waals surface area contributed by atoms with Crippen molar-refractivity contribution in [2.45, 2.75) is 12.8 Å².